The lowest BCUT2D eigenvalue weighted by atomic mass is 10.1. The van der Waals surface area contributed by atoms with E-state index < -0.39 is 0 Å². The second-order valence-corrected chi connectivity index (χ2v) is 8.05. The number of rotatable bonds is 4. The van der Waals surface area contributed by atoms with E-state index in [1.807, 2.05) is 12.4 Å². The summed E-state index contributed by atoms with van der Waals surface area (Å²) in [5.41, 5.74) is 4.48. The molecule has 0 saturated carbocycles. The van der Waals surface area contributed by atoms with Crippen molar-refractivity contribution in [2.75, 3.05) is 46.4 Å². The number of aromatic nitrogens is 4. The topological polar surface area (TPSA) is 62.2 Å². The summed E-state index contributed by atoms with van der Waals surface area (Å²) in [6, 6.07) is 4.80. The summed E-state index contributed by atoms with van der Waals surface area (Å²) >= 11 is 0. The maximum absolute atomic E-state index is 5.46. The zero-order valence-electron chi connectivity index (χ0n) is 16.5. The summed E-state index contributed by atoms with van der Waals surface area (Å²) in [5, 5.41) is 5.85. The van der Waals surface area contributed by atoms with Crippen LogP contribution < -0.4 is 0 Å². The number of aromatic amines is 1. The molecule has 0 radical (unpaired) electrons. The molecule has 7 nitrogen and oxygen atoms in total. The molecule has 0 amide bonds. The highest BCUT2D eigenvalue weighted by Gasteiger charge is 2.20. The zero-order chi connectivity index (χ0) is 18.9. The molecule has 5 rings (SSSR count). The van der Waals surface area contributed by atoms with E-state index in [1.54, 1.807) is 0 Å². The van der Waals surface area contributed by atoms with Gasteiger partial charge >= 0.3 is 0 Å². The SMILES string of the molecule is CN1CCC(n2cc(-c3nccc4[nH]c(CN5CCOCC5)cc34)cn2)CC1. The third-order valence-electron chi connectivity index (χ3n) is 6.04. The van der Waals surface area contributed by atoms with E-state index in [-0.39, 0.29) is 0 Å². The number of fused-ring (bicyclic) bond motifs is 1. The summed E-state index contributed by atoms with van der Waals surface area (Å²) in [7, 11) is 2.19. The molecule has 5 heterocycles. The summed E-state index contributed by atoms with van der Waals surface area (Å²) in [6.07, 6.45) is 8.34. The fourth-order valence-corrected chi connectivity index (χ4v) is 4.35. The Morgan fingerprint density at radius 1 is 1.18 bits per heavy atom. The lowest BCUT2D eigenvalue weighted by Gasteiger charge is -2.28. The number of likely N-dealkylation sites (tertiary alicyclic amines) is 1. The monoisotopic (exact) mass is 380 g/mol. The standard InChI is InChI=1S/C21H28N6O/c1-25-6-3-18(4-7-25)27-14-16(13-23-27)21-19-12-17(24-20(19)2-5-22-21)15-26-8-10-28-11-9-26/h2,5,12-14,18,24H,3-4,6-11,15H2,1H3. The molecule has 0 aliphatic carbocycles. The van der Waals surface area contributed by atoms with E-state index in [9.17, 15) is 0 Å². The van der Waals surface area contributed by atoms with Crippen molar-refractivity contribution in [2.45, 2.75) is 25.4 Å². The van der Waals surface area contributed by atoms with E-state index >= 15 is 0 Å². The lowest BCUT2D eigenvalue weighted by molar-refractivity contribution is 0.0337. The Balaban J connectivity index is 1.39. The van der Waals surface area contributed by atoms with Gasteiger partial charge in [0.25, 0.3) is 0 Å². The van der Waals surface area contributed by atoms with Crippen LogP contribution >= 0.6 is 0 Å². The number of hydrogen-bond acceptors (Lipinski definition) is 5. The molecular weight excluding hydrogens is 352 g/mol. The third kappa shape index (κ3) is 3.57. The van der Waals surface area contributed by atoms with Crippen molar-refractivity contribution in [3.8, 4) is 11.3 Å². The number of morpholine rings is 1. The van der Waals surface area contributed by atoms with E-state index in [0.717, 1.165) is 75.6 Å². The lowest BCUT2D eigenvalue weighted by Crippen LogP contribution is -2.35. The van der Waals surface area contributed by atoms with Gasteiger partial charge in [0.2, 0.25) is 0 Å². The molecular formula is C21H28N6O. The molecule has 0 aromatic carbocycles. The number of nitrogens with zero attached hydrogens (tertiary/aromatic N) is 5. The first-order valence-electron chi connectivity index (χ1n) is 10.3. The molecule has 0 bridgehead atoms. The highest BCUT2D eigenvalue weighted by atomic mass is 16.5. The van der Waals surface area contributed by atoms with Crippen LogP contribution in [0.5, 0.6) is 0 Å². The molecule has 2 fully saturated rings. The maximum Gasteiger partial charge on any atom is 0.0827 e. The summed E-state index contributed by atoms with van der Waals surface area (Å²) < 4.78 is 7.60. The van der Waals surface area contributed by atoms with Crippen LogP contribution in [0.15, 0.2) is 30.7 Å². The number of H-pyrrole nitrogens is 1. The van der Waals surface area contributed by atoms with Crippen LogP contribution in [0.25, 0.3) is 22.2 Å². The summed E-state index contributed by atoms with van der Waals surface area (Å²) in [5.74, 6) is 0. The first kappa shape index (κ1) is 17.8. The van der Waals surface area contributed by atoms with Crippen LogP contribution in [-0.4, -0.2) is 76.0 Å². The fraction of sp³-hybridized carbons (Fsp3) is 0.524. The van der Waals surface area contributed by atoms with E-state index in [0.29, 0.717) is 6.04 Å². The fourth-order valence-electron chi connectivity index (χ4n) is 4.35. The largest absolute Gasteiger partial charge is 0.379 e. The Bertz CT molecular complexity index is 933. The second-order valence-electron chi connectivity index (χ2n) is 8.05. The van der Waals surface area contributed by atoms with Crippen LogP contribution in [0.3, 0.4) is 0 Å². The molecule has 7 heteroatoms. The minimum atomic E-state index is 0.493. The summed E-state index contributed by atoms with van der Waals surface area (Å²) in [4.78, 5) is 13.1. The summed E-state index contributed by atoms with van der Waals surface area (Å²) in [6.45, 7) is 6.82. The Morgan fingerprint density at radius 3 is 2.82 bits per heavy atom. The van der Waals surface area contributed by atoms with Gasteiger partial charge in [-0.05, 0) is 45.1 Å². The molecule has 3 aromatic rings. The average Bonchev–Trinajstić information content (AvgIpc) is 3.36. The number of ether oxygens (including phenoxy) is 1. The molecule has 2 saturated heterocycles. The minimum Gasteiger partial charge on any atom is -0.379 e. The number of hydrogen-bond donors (Lipinski definition) is 1. The highest BCUT2D eigenvalue weighted by molar-refractivity contribution is 5.93. The Labute approximate surface area is 165 Å². The predicted molar refractivity (Wildman–Crippen MR) is 109 cm³/mol. The van der Waals surface area contributed by atoms with Gasteiger partial charge in [-0.2, -0.15) is 5.10 Å². The second kappa shape index (κ2) is 7.66. The normalized spacial score (nSPS) is 20.2. The van der Waals surface area contributed by atoms with Gasteiger partial charge in [-0.3, -0.25) is 14.6 Å². The van der Waals surface area contributed by atoms with Crippen LogP contribution in [0, 0.1) is 0 Å². The first-order valence-corrected chi connectivity index (χ1v) is 10.3. The van der Waals surface area contributed by atoms with Crippen molar-refractivity contribution >= 4 is 10.9 Å². The molecule has 0 unspecified atom stereocenters. The molecule has 28 heavy (non-hydrogen) atoms. The van der Waals surface area contributed by atoms with Crippen molar-refractivity contribution in [1.29, 1.82) is 0 Å². The van der Waals surface area contributed by atoms with Crippen LogP contribution in [0.4, 0.5) is 0 Å². The van der Waals surface area contributed by atoms with Gasteiger partial charge in [0, 0.05) is 54.2 Å². The third-order valence-corrected chi connectivity index (χ3v) is 6.04. The molecule has 0 spiro atoms. The van der Waals surface area contributed by atoms with Crippen LogP contribution in [-0.2, 0) is 11.3 Å². The molecule has 3 aromatic heterocycles. The number of pyridine rings is 1. The van der Waals surface area contributed by atoms with Crippen LogP contribution in [0.1, 0.15) is 24.6 Å². The van der Waals surface area contributed by atoms with E-state index in [1.165, 1.54) is 11.1 Å². The Hall–Kier alpha value is -2.22. The van der Waals surface area contributed by atoms with E-state index in [4.69, 9.17) is 9.72 Å². The molecule has 2 aliphatic rings. The Morgan fingerprint density at radius 2 is 2.00 bits per heavy atom. The zero-order valence-corrected chi connectivity index (χ0v) is 16.5. The number of nitrogens with one attached hydrogen (secondary N) is 1. The smallest absolute Gasteiger partial charge is 0.0827 e. The highest BCUT2D eigenvalue weighted by Crippen LogP contribution is 2.29. The average molecular weight is 380 g/mol. The minimum absolute atomic E-state index is 0.493. The van der Waals surface area contributed by atoms with Crippen molar-refractivity contribution in [3.05, 3.63) is 36.4 Å². The predicted octanol–water partition coefficient (Wildman–Crippen LogP) is 2.53. The van der Waals surface area contributed by atoms with E-state index in [2.05, 4.69) is 49.9 Å². The number of piperidine rings is 1. The van der Waals surface area contributed by atoms with Gasteiger partial charge in [0.05, 0.1) is 31.1 Å². The van der Waals surface area contributed by atoms with Gasteiger partial charge < -0.3 is 14.6 Å². The van der Waals surface area contributed by atoms with Crippen molar-refractivity contribution in [1.82, 2.24) is 29.5 Å². The molecule has 148 valence electrons. The Kier molecular flexibility index (Phi) is 4.88. The van der Waals surface area contributed by atoms with Gasteiger partial charge in [-0.1, -0.05) is 0 Å². The molecule has 1 N–H and O–H groups in total. The van der Waals surface area contributed by atoms with Gasteiger partial charge in [0.15, 0.2) is 0 Å². The maximum atomic E-state index is 5.46. The van der Waals surface area contributed by atoms with Gasteiger partial charge in [0.1, 0.15) is 0 Å². The van der Waals surface area contributed by atoms with Gasteiger partial charge in [-0.15, -0.1) is 0 Å². The van der Waals surface area contributed by atoms with Gasteiger partial charge in [-0.25, -0.2) is 0 Å². The molecule has 0 atom stereocenters. The van der Waals surface area contributed by atoms with Crippen LogP contribution in [0.2, 0.25) is 0 Å². The quantitative estimate of drug-likeness (QED) is 0.754. The van der Waals surface area contributed by atoms with Crippen molar-refractivity contribution in [2.24, 2.45) is 0 Å². The molecule has 2 aliphatic heterocycles. The first-order chi connectivity index (χ1) is 13.8. The van der Waals surface area contributed by atoms with Crippen molar-refractivity contribution in [3.63, 3.8) is 0 Å². The van der Waals surface area contributed by atoms with Crippen molar-refractivity contribution < 1.29 is 4.74 Å².